The Morgan fingerprint density at radius 1 is 1.12 bits per heavy atom. The fourth-order valence-corrected chi connectivity index (χ4v) is 4.20. The predicted molar refractivity (Wildman–Crippen MR) is 130 cm³/mol. The van der Waals surface area contributed by atoms with Crippen LogP contribution in [0.4, 0.5) is 13.2 Å². The van der Waals surface area contributed by atoms with Crippen molar-refractivity contribution in [3.05, 3.63) is 72.6 Å². The second-order valence-electron chi connectivity index (χ2n) is 7.15. The van der Waals surface area contributed by atoms with Gasteiger partial charge in [-0.05, 0) is 41.8 Å². The normalized spacial score (nSPS) is 12.7. The van der Waals surface area contributed by atoms with Gasteiger partial charge in [-0.25, -0.2) is 0 Å². The Labute approximate surface area is 213 Å². The van der Waals surface area contributed by atoms with Crippen LogP contribution in [0.1, 0.15) is 53.6 Å². The number of benzene rings is 2. The van der Waals surface area contributed by atoms with Gasteiger partial charge >= 0.3 is 6.18 Å². The van der Waals surface area contributed by atoms with E-state index < -0.39 is 12.1 Å². The molecule has 10 heteroatoms. The molecule has 1 N–H and O–H groups in total. The fraction of sp³-hybridized carbons (Fsp3) is 0.304. The molecule has 0 bridgehead atoms. The van der Waals surface area contributed by atoms with Crippen molar-refractivity contribution < 1.29 is 22.8 Å². The molecule has 0 aromatic heterocycles. The third-order valence-corrected chi connectivity index (χ3v) is 6.57. The monoisotopic (exact) mass is 583 g/mol. The van der Waals surface area contributed by atoms with Gasteiger partial charge in [0.15, 0.2) is 5.78 Å². The van der Waals surface area contributed by atoms with E-state index >= 15 is 0 Å². The van der Waals surface area contributed by atoms with Crippen LogP contribution in [0.15, 0.2) is 40.9 Å². The summed E-state index contributed by atoms with van der Waals surface area (Å²) in [6.07, 6.45) is -1.19. The van der Waals surface area contributed by atoms with E-state index in [0.29, 0.717) is 35.0 Å². The number of carbonyl (C=O) groups excluding carboxylic acids is 2. The van der Waals surface area contributed by atoms with Crippen LogP contribution in [0.3, 0.4) is 0 Å². The standard InChI is InChI=1S/C23H20BrCl3F3NO2/c1-2-21(33)31-9-3-4-20(32)15-7-5-13(10-17(15)24)6-8-16(23(28,29)30)14-11-18(25)22(27)19(26)12-14/h5-8,10-12,16H,2-4,9H2,1H3,(H,31,33)/b8-6+. The average Bonchev–Trinajstić information content (AvgIpc) is 2.73. The molecule has 1 atom stereocenters. The third kappa shape index (κ3) is 8.02. The van der Waals surface area contributed by atoms with Crippen molar-refractivity contribution in [1.82, 2.24) is 5.32 Å². The minimum absolute atomic E-state index is 0.0103. The van der Waals surface area contributed by atoms with Crippen molar-refractivity contribution in [3.63, 3.8) is 0 Å². The molecule has 0 aliphatic rings. The molecule has 33 heavy (non-hydrogen) atoms. The fourth-order valence-electron chi connectivity index (χ4n) is 2.97. The van der Waals surface area contributed by atoms with Crippen LogP contribution in [0.25, 0.3) is 6.08 Å². The highest BCUT2D eigenvalue weighted by atomic mass is 79.9. The summed E-state index contributed by atoms with van der Waals surface area (Å²) in [7, 11) is 0. The van der Waals surface area contributed by atoms with Gasteiger partial charge in [-0.3, -0.25) is 9.59 Å². The Hall–Kier alpha value is -1.54. The Bertz CT molecular complexity index is 1030. The summed E-state index contributed by atoms with van der Waals surface area (Å²) < 4.78 is 41.5. The number of Topliss-reactive ketones (excluding diaryl/α,β-unsaturated/α-hetero) is 1. The number of allylic oxidation sites excluding steroid dienone is 1. The summed E-state index contributed by atoms with van der Waals surface area (Å²) in [5, 5.41) is 2.55. The zero-order chi connectivity index (χ0) is 24.8. The van der Waals surface area contributed by atoms with Crippen molar-refractivity contribution in [3.8, 4) is 0 Å². The largest absolute Gasteiger partial charge is 0.399 e. The molecule has 0 fully saturated rings. The minimum atomic E-state index is -4.59. The number of halogens is 7. The van der Waals surface area contributed by atoms with Crippen molar-refractivity contribution >= 4 is 68.5 Å². The van der Waals surface area contributed by atoms with E-state index in [2.05, 4.69) is 21.2 Å². The Morgan fingerprint density at radius 3 is 2.30 bits per heavy atom. The van der Waals surface area contributed by atoms with Crippen LogP contribution in [0, 0.1) is 0 Å². The molecule has 3 nitrogen and oxygen atoms in total. The molecule has 2 rings (SSSR count). The number of amides is 1. The maximum atomic E-state index is 13.7. The van der Waals surface area contributed by atoms with Crippen LogP contribution >= 0.6 is 50.7 Å². The van der Waals surface area contributed by atoms with E-state index in [4.69, 9.17) is 34.8 Å². The summed E-state index contributed by atoms with van der Waals surface area (Å²) in [5.74, 6) is -2.18. The van der Waals surface area contributed by atoms with Gasteiger partial charge < -0.3 is 5.32 Å². The van der Waals surface area contributed by atoms with Gasteiger partial charge in [0, 0.05) is 29.4 Å². The molecule has 0 aliphatic heterocycles. The predicted octanol–water partition coefficient (Wildman–Crippen LogP) is 8.26. The highest BCUT2D eigenvalue weighted by Crippen LogP contribution is 2.41. The van der Waals surface area contributed by atoms with Crippen LogP contribution < -0.4 is 5.32 Å². The third-order valence-electron chi connectivity index (χ3n) is 4.72. The van der Waals surface area contributed by atoms with E-state index in [9.17, 15) is 22.8 Å². The van der Waals surface area contributed by atoms with Crippen LogP contribution in [-0.2, 0) is 4.79 Å². The molecular weight excluding hydrogens is 566 g/mol. The summed E-state index contributed by atoms with van der Waals surface area (Å²) in [5.41, 5.74) is 0.742. The SMILES string of the molecule is CCC(=O)NCCCC(=O)c1ccc(/C=C/C(c2cc(Cl)c(Cl)c(Cl)c2)C(F)(F)F)cc1Br. The molecular formula is C23H20BrCl3F3NO2. The van der Waals surface area contributed by atoms with Gasteiger partial charge in [-0.1, -0.05) is 75.9 Å². The molecule has 0 spiro atoms. The smallest absolute Gasteiger partial charge is 0.356 e. The maximum Gasteiger partial charge on any atom is 0.399 e. The van der Waals surface area contributed by atoms with Crippen molar-refractivity contribution in [1.29, 1.82) is 0 Å². The summed E-state index contributed by atoms with van der Waals surface area (Å²) in [4.78, 5) is 23.6. The molecule has 2 aromatic rings. The van der Waals surface area contributed by atoms with E-state index in [0.717, 1.165) is 18.2 Å². The zero-order valence-corrected chi connectivity index (χ0v) is 21.3. The van der Waals surface area contributed by atoms with Crippen LogP contribution in [0.5, 0.6) is 0 Å². The average molecular weight is 586 g/mol. The number of hydrogen-bond donors (Lipinski definition) is 1. The van der Waals surface area contributed by atoms with E-state index in [-0.39, 0.29) is 38.7 Å². The first-order chi connectivity index (χ1) is 15.4. The first-order valence-corrected chi connectivity index (χ1v) is 11.9. The van der Waals surface area contributed by atoms with Gasteiger partial charge in [0.2, 0.25) is 5.91 Å². The number of nitrogens with one attached hydrogen (secondary N) is 1. The highest BCUT2D eigenvalue weighted by molar-refractivity contribution is 9.10. The molecule has 0 aliphatic carbocycles. The molecule has 0 heterocycles. The topological polar surface area (TPSA) is 46.2 Å². The van der Waals surface area contributed by atoms with Gasteiger partial charge in [0.1, 0.15) is 0 Å². The lowest BCUT2D eigenvalue weighted by Gasteiger charge is -2.18. The number of carbonyl (C=O) groups is 2. The molecule has 2 aromatic carbocycles. The molecule has 0 saturated heterocycles. The van der Waals surface area contributed by atoms with Gasteiger partial charge in [0.25, 0.3) is 0 Å². The first kappa shape index (κ1) is 27.7. The number of hydrogen-bond acceptors (Lipinski definition) is 2. The van der Waals surface area contributed by atoms with E-state index in [1.54, 1.807) is 25.1 Å². The second-order valence-corrected chi connectivity index (χ2v) is 9.19. The molecule has 1 amide bonds. The number of alkyl halides is 3. The van der Waals surface area contributed by atoms with Crippen molar-refractivity contribution in [2.75, 3.05) is 6.54 Å². The van der Waals surface area contributed by atoms with Crippen molar-refractivity contribution in [2.24, 2.45) is 0 Å². The summed E-state index contributed by atoms with van der Waals surface area (Å²) in [6.45, 7) is 2.14. The van der Waals surface area contributed by atoms with Crippen LogP contribution in [-0.4, -0.2) is 24.4 Å². The lowest BCUT2D eigenvalue weighted by Crippen LogP contribution is -2.23. The maximum absolute atomic E-state index is 13.7. The summed E-state index contributed by atoms with van der Waals surface area (Å²) in [6, 6.07) is 6.95. The number of rotatable bonds is 9. The van der Waals surface area contributed by atoms with Crippen LogP contribution in [0.2, 0.25) is 15.1 Å². The van der Waals surface area contributed by atoms with E-state index in [1.807, 2.05) is 0 Å². The lowest BCUT2D eigenvalue weighted by molar-refractivity contribution is -0.139. The minimum Gasteiger partial charge on any atom is -0.356 e. The Balaban J connectivity index is 2.17. The zero-order valence-electron chi connectivity index (χ0n) is 17.4. The molecule has 0 saturated carbocycles. The second kappa shape index (κ2) is 12.2. The number of ketones is 1. The molecule has 1 unspecified atom stereocenters. The Morgan fingerprint density at radius 2 is 1.76 bits per heavy atom. The molecule has 0 radical (unpaired) electrons. The Kier molecular flexibility index (Phi) is 10.3. The van der Waals surface area contributed by atoms with E-state index in [1.165, 1.54) is 6.08 Å². The first-order valence-electron chi connectivity index (χ1n) is 9.92. The van der Waals surface area contributed by atoms with Gasteiger partial charge in [-0.15, -0.1) is 0 Å². The van der Waals surface area contributed by atoms with Crippen molar-refractivity contribution in [2.45, 2.75) is 38.3 Å². The highest BCUT2D eigenvalue weighted by Gasteiger charge is 2.39. The van der Waals surface area contributed by atoms with Gasteiger partial charge in [0.05, 0.1) is 21.0 Å². The lowest BCUT2D eigenvalue weighted by atomic mass is 9.96. The summed E-state index contributed by atoms with van der Waals surface area (Å²) >= 11 is 21.0. The molecule has 178 valence electrons. The van der Waals surface area contributed by atoms with Gasteiger partial charge in [-0.2, -0.15) is 13.2 Å². The quantitative estimate of drug-likeness (QED) is 0.183.